The van der Waals surface area contributed by atoms with Crippen LogP contribution < -0.4 is 0 Å². The molecule has 0 saturated heterocycles. The largest absolute Gasteiger partial charge is 0.278 e. The van der Waals surface area contributed by atoms with Gasteiger partial charge in [-0.05, 0) is 41.9 Å². The van der Waals surface area contributed by atoms with Crippen molar-refractivity contribution in [3.63, 3.8) is 0 Å². The van der Waals surface area contributed by atoms with Gasteiger partial charge in [-0.15, -0.1) is 0 Å². The third kappa shape index (κ3) is 1.59. The van der Waals surface area contributed by atoms with E-state index in [4.69, 9.17) is 0 Å². The van der Waals surface area contributed by atoms with Crippen LogP contribution in [0, 0.1) is 5.41 Å². The molecule has 2 heteroatoms. The number of H-pyrrole nitrogens is 1. The van der Waals surface area contributed by atoms with Crippen LogP contribution in [0.3, 0.4) is 0 Å². The Morgan fingerprint density at radius 3 is 3.12 bits per heavy atom. The van der Waals surface area contributed by atoms with E-state index >= 15 is 0 Å². The molecule has 2 nitrogen and oxygen atoms in total. The molecule has 0 fully saturated rings. The molecule has 1 aromatic heterocycles. The van der Waals surface area contributed by atoms with E-state index in [1.165, 1.54) is 35.8 Å². The summed E-state index contributed by atoms with van der Waals surface area (Å²) < 4.78 is 0. The zero-order valence-electron chi connectivity index (χ0n) is 10.5. The maximum absolute atomic E-state index is 4.08. The normalized spacial score (nSPS) is 24.2. The smallest absolute Gasteiger partial charge is 0.0656 e. The number of fused-ring (bicyclic) bond motifs is 1. The summed E-state index contributed by atoms with van der Waals surface area (Å²) in [5.74, 6) is 0. The van der Waals surface area contributed by atoms with Crippen LogP contribution in [0.2, 0.25) is 0 Å². The number of nitrogens with one attached hydrogen (secondary N) is 1. The zero-order chi connectivity index (χ0) is 11.9. The molecule has 1 aliphatic carbocycles. The predicted octanol–water partition coefficient (Wildman–Crippen LogP) is 4.16. The van der Waals surface area contributed by atoms with Crippen LogP contribution in [0.5, 0.6) is 0 Å². The molecule has 1 aliphatic rings. The number of hydrogen-bond donors (Lipinski definition) is 1. The molecule has 0 amide bonds. The SMILES string of the molecule is CCC1(C)CCC=C1c1ccc2cn[nH]c2c1. The number of nitrogens with zero attached hydrogens (tertiary/aromatic N) is 1. The van der Waals surface area contributed by atoms with Gasteiger partial charge < -0.3 is 0 Å². The highest BCUT2D eigenvalue weighted by Crippen LogP contribution is 2.47. The van der Waals surface area contributed by atoms with Crippen LogP contribution in [0.15, 0.2) is 30.5 Å². The van der Waals surface area contributed by atoms with E-state index in [9.17, 15) is 0 Å². The molecule has 0 spiro atoms. The van der Waals surface area contributed by atoms with Gasteiger partial charge in [-0.25, -0.2) is 0 Å². The highest BCUT2D eigenvalue weighted by molar-refractivity contribution is 5.84. The summed E-state index contributed by atoms with van der Waals surface area (Å²) in [4.78, 5) is 0. The van der Waals surface area contributed by atoms with E-state index < -0.39 is 0 Å². The number of benzene rings is 1. The van der Waals surface area contributed by atoms with E-state index in [0.717, 1.165) is 5.52 Å². The quantitative estimate of drug-likeness (QED) is 0.818. The molecule has 1 unspecified atom stereocenters. The molecule has 1 atom stereocenters. The summed E-state index contributed by atoms with van der Waals surface area (Å²) >= 11 is 0. The Morgan fingerprint density at radius 2 is 2.29 bits per heavy atom. The minimum absolute atomic E-state index is 0.355. The van der Waals surface area contributed by atoms with Gasteiger partial charge >= 0.3 is 0 Å². The van der Waals surface area contributed by atoms with E-state index in [1.54, 1.807) is 0 Å². The average molecular weight is 226 g/mol. The van der Waals surface area contributed by atoms with Gasteiger partial charge in [0, 0.05) is 5.39 Å². The van der Waals surface area contributed by atoms with Crippen molar-refractivity contribution in [3.05, 3.63) is 36.0 Å². The first-order chi connectivity index (χ1) is 8.23. The Morgan fingerprint density at radius 1 is 1.41 bits per heavy atom. The first-order valence-electron chi connectivity index (χ1n) is 6.37. The molecule has 1 N–H and O–H groups in total. The molecule has 2 aromatic rings. The fraction of sp³-hybridized carbons (Fsp3) is 0.400. The number of aromatic nitrogens is 2. The third-order valence-corrected chi connectivity index (χ3v) is 4.23. The van der Waals surface area contributed by atoms with Crippen molar-refractivity contribution in [1.29, 1.82) is 0 Å². The lowest BCUT2D eigenvalue weighted by atomic mass is 9.78. The van der Waals surface area contributed by atoms with Gasteiger partial charge in [0.1, 0.15) is 0 Å². The van der Waals surface area contributed by atoms with Gasteiger partial charge in [-0.2, -0.15) is 5.10 Å². The van der Waals surface area contributed by atoms with Crippen LogP contribution in [0.25, 0.3) is 16.5 Å². The highest BCUT2D eigenvalue weighted by Gasteiger charge is 2.31. The summed E-state index contributed by atoms with van der Waals surface area (Å²) in [7, 11) is 0. The Balaban J connectivity index is 2.09. The maximum atomic E-state index is 4.08. The lowest BCUT2D eigenvalue weighted by molar-refractivity contribution is 0.419. The van der Waals surface area contributed by atoms with E-state index in [2.05, 4.69) is 48.3 Å². The molecule has 1 heterocycles. The van der Waals surface area contributed by atoms with Gasteiger partial charge in [0.25, 0.3) is 0 Å². The lowest BCUT2D eigenvalue weighted by Crippen LogP contribution is -2.13. The molecule has 88 valence electrons. The van der Waals surface area contributed by atoms with Crippen LogP contribution >= 0.6 is 0 Å². The molecule has 17 heavy (non-hydrogen) atoms. The second-order valence-corrected chi connectivity index (χ2v) is 5.24. The van der Waals surface area contributed by atoms with Gasteiger partial charge in [-0.1, -0.05) is 32.1 Å². The van der Waals surface area contributed by atoms with Gasteiger partial charge in [0.05, 0.1) is 11.7 Å². The molecule has 0 bridgehead atoms. The Labute approximate surface area is 102 Å². The summed E-state index contributed by atoms with van der Waals surface area (Å²) in [5, 5.41) is 8.32. The molecular formula is C15H18N2. The lowest BCUT2D eigenvalue weighted by Gasteiger charge is -2.26. The second kappa shape index (κ2) is 3.73. The summed E-state index contributed by atoms with van der Waals surface area (Å²) in [6.45, 7) is 4.66. The van der Waals surface area contributed by atoms with Gasteiger partial charge in [0.2, 0.25) is 0 Å². The van der Waals surface area contributed by atoms with E-state index in [-0.39, 0.29) is 0 Å². The first-order valence-corrected chi connectivity index (χ1v) is 6.37. The molecular weight excluding hydrogens is 208 g/mol. The minimum Gasteiger partial charge on any atom is -0.278 e. The topological polar surface area (TPSA) is 28.7 Å². The van der Waals surface area contributed by atoms with Crippen molar-refractivity contribution in [2.75, 3.05) is 0 Å². The summed E-state index contributed by atoms with van der Waals surface area (Å²) in [6.07, 6.45) is 7.97. The summed E-state index contributed by atoms with van der Waals surface area (Å²) in [6, 6.07) is 6.61. The van der Waals surface area contributed by atoms with Crippen LogP contribution in [-0.2, 0) is 0 Å². The highest BCUT2D eigenvalue weighted by atomic mass is 15.1. The second-order valence-electron chi connectivity index (χ2n) is 5.24. The number of aromatic amines is 1. The molecule has 0 aliphatic heterocycles. The van der Waals surface area contributed by atoms with Crippen molar-refractivity contribution in [1.82, 2.24) is 10.2 Å². The van der Waals surface area contributed by atoms with Gasteiger partial charge in [0.15, 0.2) is 0 Å². The monoisotopic (exact) mass is 226 g/mol. The van der Waals surface area contributed by atoms with Crippen molar-refractivity contribution in [2.45, 2.75) is 33.1 Å². The van der Waals surface area contributed by atoms with Crippen LogP contribution in [0.4, 0.5) is 0 Å². The number of allylic oxidation sites excluding steroid dienone is 2. The average Bonchev–Trinajstić information content (AvgIpc) is 2.94. The minimum atomic E-state index is 0.355. The van der Waals surface area contributed by atoms with E-state index in [1.807, 2.05) is 6.20 Å². The Bertz CT molecular complexity index is 579. The molecule has 1 aromatic carbocycles. The summed E-state index contributed by atoms with van der Waals surface area (Å²) in [5.41, 5.74) is 4.35. The predicted molar refractivity (Wildman–Crippen MR) is 71.7 cm³/mol. The van der Waals surface area contributed by atoms with Crippen molar-refractivity contribution in [2.24, 2.45) is 5.41 Å². The fourth-order valence-corrected chi connectivity index (χ4v) is 2.85. The number of rotatable bonds is 2. The van der Waals surface area contributed by atoms with E-state index in [0.29, 0.717) is 5.41 Å². The maximum Gasteiger partial charge on any atom is 0.0656 e. The first kappa shape index (κ1) is 10.6. The van der Waals surface area contributed by atoms with Crippen molar-refractivity contribution in [3.8, 4) is 0 Å². The number of hydrogen-bond acceptors (Lipinski definition) is 1. The molecule has 0 saturated carbocycles. The zero-order valence-corrected chi connectivity index (χ0v) is 10.5. The molecule has 0 radical (unpaired) electrons. The molecule has 3 rings (SSSR count). The standard InChI is InChI=1S/C15H18N2/c1-3-15(2)8-4-5-13(15)11-6-7-12-10-16-17-14(12)9-11/h5-7,9-10H,3-4,8H2,1-2H3,(H,16,17). The third-order valence-electron chi connectivity index (χ3n) is 4.23. The Kier molecular flexibility index (Phi) is 2.32. The van der Waals surface area contributed by atoms with Crippen molar-refractivity contribution >= 4 is 16.5 Å². The Hall–Kier alpha value is -1.57. The van der Waals surface area contributed by atoms with Gasteiger partial charge in [-0.3, -0.25) is 5.10 Å². The fourth-order valence-electron chi connectivity index (χ4n) is 2.85. The van der Waals surface area contributed by atoms with Crippen LogP contribution in [0.1, 0.15) is 38.7 Å². The van der Waals surface area contributed by atoms with Crippen LogP contribution in [-0.4, -0.2) is 10.2 Å². The van der Waals surface area contributed by atoms with Crippen molar-refractivity contribution < 1.29 is 0 Å².